The molecular formula is C22H23ClN6O2. The Labute approximate surface area is 185 Å². The average Bonchev–Trinajstić information content (AvgIpc) is 2.73. The summed E-state index contributed by atoms with van der Waals surface area (Å²) in [6.45, 7) is 4.05. The lowest BCUT2D eigenvalue weighted by Crippen LogP contribution is -2.39. The highest BCUT2D eigenvalue weighted by atomic mass is 35.5. The Morgan fingerprint density at radius 1 is 1.03 bits per heavy atom. The number of aryl methyl sites for hydroxylation is 2. The molecule has 0 radical (unpaired) electrons. The van der Waals surface area contributed by atoms with Crippen LogP contribution in [0.2, 0.25) is 5.02 Å². The van der Waals surface area contributed by atoms with E-state index in [9.17, 15) is 4.79 Å². The molecule has 0 aliphatic heterocycles. The van der Waals surface area contributed by atoms with E-state index in [-0.39, 0.29) is 5.96 Å². The number of aromatic nitrogens is 2. The third kappa shape index (κ3) is 6.97. The van der Waals surface area contributed by atoms with Crippen molar-refractivity contribution in [3.05, 3.63) is 76.6 Å². The molecule has 0 bridgehead atoms. The monoisotopic (exact) mass is 438 g/mol. The van der Waals surface area contributed by atoms with Crippen LogP contribution in [-0.2, 0) is 6.54 Å². The molecule has 1 aromatic heterocycles. The van der Waals surface area contributed by atoms with Gasteiger partial charge in [-0.15, -0.1) is 0 Å². The molecule has 3 rings (SSSR count). The van der Waals surface area contributed by atoms with E-state index in [1.165, 1.54) is 0 Å². The SMILES string of the molecule is COc1cccc(CN=C(NC(=O)Nc2ccc(Cl)cc2)Nc2nc(C)cc(C)n2)c1. The van der Waals surface area contributed by atoms with Crippen LogP contribution in [0.25, 0.3) is 0 Å². The summed E-state index contributed by atoms with van der Waals surface area (Å²) < 4.78 is 5.25. The zero-order valence-electron chi connectivity index (χ0n) is 17.4. The summed E-state index contributed by atoms with van der Waals surface area (Å²) in [5.41, 5.74) is 3.11. The minimum atomic E-state index is -0.469. The molecule has 8 nitrogen and oxygen atoms in total. The lowest BCUT2D eigenvalue weighted by Gasteiger charge is -2.12. The molecule has 0 aliphatic carbocycles. The van der Waals surface area contributed by atoms with Crippen molar-refractivity contribution < 1.29 is 9.53 Å². The van der Waals surface area contributed by atoms with Gasteiger partial charge in [-0.25, -0.2) is 19.8 Å². The van der Waals surface area contributed by atoms with E-state index < -0.39 is 6.03 Å². The van der Waals surface area contributed by atoms with Gasteiger partial charge in [-0.2, -0.15) is 0 Å². The largest absolute Gasteiger partial charge is 0.497 e. The number of aliphatic imine (C=N–C) groups is 1. The second-order valence-electron chi connectivity index (χ2n) is 6.70. The average molecular weight is 439 g/mol. The highest BCUT2D eigenvalue weighted by molar-refractivity contribution is 6.30. The third-order valence-corrected chi connectivity index (χ3v) is 4.35. The summed E-state index contributed by atoms with van der Waals surface area (Å²) in [5, 5.41) is 9.02. The lowest BCUT2D eigenvalue weighted by molar-refractivity contribution is 0.256. The fourth-order valence-electron chi connectivity index (χ4n) is 2.74. The number of nitrogens with one attached hydrogen (secondary N) is 3. The molecular weight excluding hydrogens is 416 g/mol. The van der Waals surface area contributed by atoms with Gasteiger partial charge in [0.15, 0.2) is 0 Å². The minimum absolute atomic E-state index is 0.208. The van der Waals surface area contributed by atoms with E-state index in [0.717, 1.165) is 22.7 Å². The van der Waals surface area contributed by atoms with Crippen molar-refractivity contribution in [3.8, 4) is 5.75 Å². The standard InChI is InChI=1S/C22H23ClN6O2/c1-14-11-15(2)26-21(25-14)28-20(24-13-16-5-4-6-19(12-16)31-3)29-22(30)27-18-9-7-17(23)8-10-18/h4-12H,13H2,1-3H3,(H3,24,25,26,27,28,29,30). The molecule has 2 aromatic carbocycles. The maximum Gasteiger partial charge on any atom is 0.326 e. The molecule has 0 saturated heterocycles. The summed E-state index contributed by atoms with van der Waals surface area (Å²) in [6.07, 6.45) is 0. The van der Waals surface area contributed by atoms with Gasteiger partial charge >= 0.3 is 6.03 Å². The molecule has 0 unspecified atom stereocenters. The van der Waals surface area contributed by atoms with Crippen LogP contribution >= 0.6 is 11.6 Å². The second kappa shape index (κ2) is 10.4. The molecule has 2 amide bonds. The van der Waals surface area contributed by atoms with Gasteiger partial charge < -0.3 is 10.1 Å². The van der Waals surface area contributed by atoms with Gasteiger partial charge in [0.05, 0.1) is 13.7 Å². The summed E-state index contributed by atoms with van der Waals surface area (Å²) in [5.74, 6) is 1.28. The number of carbonyl (C=O) groups is 1. The lowest BCUT2D eigenvalue weighted by atomic mass is 10.2. The van der Waals surface area contributed by atoms with E-state index in [1.807, 2.05) is 44.2 Å². The van der Waals surface area contributed by atoms with Crippen LogP contribution in [0.3, 0.4) is 0 Å². The van der Waals surface area contributed by atoms with Crippen LogP contribution in [0.5, 0.6) is 5.75 Å². The summed E-state index contributed by atoms with van der Waals surface area (Å²) in [7, 11) is 1.61. The number of hydrogen-bond acceptors (Lipinski definition) is 5. The topological polar surface area (TPSA) is 101 Å². The predicted molar refractivity (Wildman–Crippen MR) is 123 cm³/mol. The van der Waals surface area contributed by atoms with Crippen molar-refractivity contribution in [1.29, 1.82) is 0 Å². The number of halogens is 1. The zero-order chi connectivity index (χ0) is 22.2. The molecule has 0 fully saturated rings. The molecule has 3 aromatic rings. The smallest absolute Gasteiger partial charge is 0.326 e. The Balaban J connectivity index is 1.78. The van der Waals surface area contributed by atoms with Crippen LogP contribution < -0.4 is 20.7 Å². The van der Waals surface area contributed by atoms with Crippen molar-refractivity contribution in [3.63, 3.8) is 0 Å². The van der Waals surface area contributed by atoms with Gasteiger partial charge in [-0.05, 0) is 61.9 Å². The zero-order valence-corrected chi connectivity index (χ0v) is 18.2. The van der Waals surface area contributed by atoms with Crippen molar-refractivity contribution in [2.45, 2.75) is 20.4 Å². The Morgan fingerprint density at radius 3 is 2.42 bits per heavy atom. The Hall–Kier alpha value is -3.65. The second-order valence-corrected chi connectivity index (χ2v) is 7.14. The van der Waals surface area contributed by atoms with Crippen LogP contribution in [0.15, 0.2) is 59.6 Å². The van der Waals surface area contributed by atoms with E-state index in [4.69, 9.17) is 16.3 Å². The van der Waals surface area contributed by atoms with Gasteiger partial charge in [-0.1, -0.05) is 23.7 Å². The Bertz CT molecular complexity index is 1070. The third-order valence-electron chi connectivity index (χ3n) is 4.10. The van der Waals surface area contributed by atoms with E-state index in [1.54, 1.807) is 31.4 Å². The quantitative estimate of drug-likeness (QED) is 0.401. The first kappa shape index (κ1) is 22.0. The maximum absolute atomic E-state index is 12.5. The fourth-order valence-corrected chi connectivity index (χ4v) is 2.87. The number of urea groups is 1. The molecule has 3 N–H and O–H groups in total. The Kier molecular flexibility index (Phi) is 7.40. The number of carbonyl (C=O) groups excluding carboxylic acids is 1. The van der Waals surface area contributed by atoms with E-state index >= 15 is 0 Å². The number of methoxy groups -OCH3 is 1. The molecule has 0 saturated carbocycles. The predicted octanol–water partition coefficient (Wildman–Crippen LogP) is 4.55. The number of guanidine groups is 1. The van der Waals surface area contributed by atoms with Crippen LogP contribution in [-0.4, -0.2) is 29.1 Å². The summed E-state index contributed by atoms with van der Waals surface area (Å²) >= 11 is 5.89. The highest BCUT2D eigenvalue weighted by Crippen LogP contribution is 2.14. The number of nitrogens with zero attached hydrogens (tertiary/aromatic N) is 3. The number of ether oxygens (including phenoxy) is 1. The number of rotatable bonds is 5. The molecule has 0 aliphatic rings. The van der Waals surface area contributed by atoms with Gasteiger partial charge in [0.1, 0.15) is 5.75 Å². The minimum Gasteiger partial charge on any atom is -0.497 e. The van der Waals surface area contributed by atoms with Crippen LogP contribution in [0, 0.1) is 13.8 Å². The molecule has 31 heavy (non-hydrogen) atoms. The van der Waals surface area contributed by atoms with Gasteiger partial charge in [0.25, 0.3) is 0 Å². The normalized spacial score (nSPS) is 11.0. The number of anilines is 2. The number of benzene rings is 2. The summed E-state index contributed by atoms with van der Waals surface area (Å²) in [6, 6.07) is 15.7. The van der Waals surface area contributed by atoms with Crippen molar-refractivity contribution in [2.75, 3.05) is 17.7 Å². The van der Waals surface area contributed by atoms with E-state index in [2.05, 4.69) is 30.9 Å². The molecule has 0 atom stereocenters. The number of amides is 2. The maximum atomic E-state index is 12.5. The van der Waals surface area contributed by atoms with Gasteiger partial charge in [0.2, 0.25) is 11.9 Å². The molecule has 9 heteroatoms. The van der Waals surface area contributed by atoms with Crippen molar-refractivity contribution in [2.24, 2.45) is 4.99 Å². The highest BCUT2D eigenvalue weighted by Gasteiger charge is 2.10. The van der Waals surface area contributed by atoms with Crippen LogP contribution in [0.1, 0.15) is 17.0 Å². The molecule has 160 valence electrons. The van der Waals surface area contributed by atoms with Crippen molar-refractivity contribution >= 4 is 35.2 Å². The molecule has 0 spiro atoms. The Morgan fingerprint density at radius 2 is 1.74 bits per heavy atom. The molecule has 1 heterocycles. The summed E-state index contributed by atoms with van der Waals surface area (Å²) in [4.78, 5) is 25.7. The fraction of sp³-hybridized carbons (Fsp3) is 0.182. The van der Waals surface area contributed by atoms with Gasteiger partial charge in [0, 0.05) is 22.1 Å². The van der Waals surface area contributed by atoms with Crippen LogP contribution in [0.4, 0.5) is 16.4 Å². The number of hydrogen-bond donors (Lipinski definition) is 3. The van der Waals surface area contributed by atoms with Crippen molar-refractivity contribution in [1.82, 2.24) is 15.3 Å². The first-order chi connectivity index (χ1) is 14.9. The van der Waals surface area contributed by atoms with E-state index in [0.29, 0.717) is 23.2 Å². The van der Waals surface area contributed by atoms with Gasteiger partial charge in [-0.3, -0.25) is 10.6 Å². The first-order valence-corrected chi connectivity index (χ1v) is 9.89. The first-order valence-electron chi connectivity index (χ1n) is 9.51.